The molecule has 0 saturated carbocycles. The minimum Gasteiger partial charge on any atom is -0.391 e. The molecular weight excluding hydrogens is 307 g/mol. The van der Waals surface area contributed by atoms with Crippen molar-refractivity contribution in [3.63, 3.8) is 0 Å². The molecule has 3 nitrogen and oxygen atoms in total. The van der Waals surface area contributed by atoms with Crippen molar-refractivity contribution >= 4 is 0 Å². The molecule has 3 rings (SSSR count). The Morgan fingerprint density at radius 3 is 2.13 bits per heavy atom. The van der Waals surface area contributed by atoms with Gasteiger partial charge in [-0.05, 0) is 12.1 Å². The molecule has 0 aliphatic carbocycles. The van der Waals surface area contributed by atoms with E-state index >= 15 is 0 Å². The van der Waals surface area contributed by atoms with Gasteiger partial charge < -0.3 is 9.63 Å². The molecule has 118 valence electrons. The number of halogens is 3. The SMILES string of the molecule is OCc1c(-c2ccc(C(F)(F)F)cc2)noc1-c1ccccc1. The maximum atomic E-state index is 12.6. The zero-order valence-corrected chi connectivity index (χ0v) is 11.8. The van der Waals surface area contributed by atoms with Crippen LogP contribution in [0.4, 0.5) is 13.2 Å². The molecule has 0 atom stereocenters. The predicted molar refractivity (Wildman–Crippen MR) is 78.3 cm³/mol. The van der Waals surface area contributed by atoms with Gasteiger partial charge in [0.15, 0.2) is 5.76 Å². The molecule has 2 aromatic carbocycles. The quantitative estimate of drug-likeness (QED) is 0.772. The average molecular weight is 319 g/mol. The van der Waals surface area contributed by atoms with Crippen molar-refractivity contribution in [2.24, 2.45) is 0 Å². The lowest BCUT2D eigenvalue weighted by Crippen LogP contribution is -2.04. The molecule has 0 aliphatic rings. The van der Waals surface area contributed by atoms with Gasteiger partial charge in [0.1, 0.15) is 5.69 Å². The van der Waals surface area contributed by atoms with E-state index in [1.54, 1.807) is 12.1 Å². The van der Waals surface area contributed by atoms with Crippen LogP contribution in [0.5, 0.6) is 0 Å². The number of alkyl halides is 3. The molecule has 1 heterocycles. The summed E-state index contributed by atoms with van der Waals surface area (Å²) in [6.07, 6.45) is -4.39. The Labute approximate surface area is 130 Å². The molecule has 0 unspecified atom stereocenters. The summed E-state index contributed by atoms with van der Waals surface area (Å²) >= 11 is 0. The summed E-state index contributed by atoms with van der Waals surface area (Å²) in [6.45, 7) is -0.329. The Bertz CT molecular complexity index is 793. The first-order valence-corrected chi connectivity index (χ1v) is 6.83. The van der Waals surface area contributed by atoms with Crippen molar-refractivity contribution in [2.45, 2.75) is 12.8 Å². The first-order valence-electron chi connectivity index (χ1n) is 6.83. The molecule has 0 spiro atoms. The topological polar surface area (TPSA) is 46.3 Å². The third kappa shape index (κ3) is 2.98. The highest BCUT2D eigenvalue weighted by Crippen LogP contribution is 2.34. The number of aliphatic hydroxyl groups excluding tert-OH is 1. The average Bonchev–Trinajstić information content (AvgIpc) is 2.99. The van der Waals surface area contributed by atoms with Gasteiger partial charge in [0, 0.05) is 11.1 Å². The molecule has 0 bridgehead atoms. The molecule has 0 amide bonds. The van der Waals surface area contributed by atoms with Gasteiger partial charge in [-0.25, -0.2) is 0 Å². The molecule has 0 radical (unpaired) electrons. The number of benzene rings is 2. The van der Waals surface area contributed by atoms with Crippen molar-refractivity contribution in [1.82, 2.24) is 5.16 Å². The van der Waals surface area contributed by atoms with Gasteiger partial charge in [-0.15, -0.1) is 0 Å². The first kappa shape index (κ1) is 15.3. The maximum absolute atomic E-state index is 12.6. The second-order valence-electron chi connectivity index (χ2n) is 4.94. The molecule has 1 aromatic heterocycles. The van der Waals surface area contributed by atoms with E-state index in [4.69, 9.17) is 4.52 Å². The van der Waals surface area contributed by atoms with Crippen LogP contribution in [0.3, 0.4) is 0 Å². The smallest absolute Gasteiger partial charge is 0.391 e. The van der Waals surface area contributed by atoms with Crippen LogP contribution in [0, 0.1) is 0 Å². The van der Waals surface area contributed by atoms with Crippen LogP contribution in [0.25, 0.3) is 22.6 Å². The number of hydrogen-bond donors (Lipinski definition) is 1. The number of nitrogens with zero attached hydrogens (tertiary/aromatic N) is 1. The molecule has 0 saturated heterocycles. The summed E-state index contributed by atoms with van der Waals surface area (Å²) < 4.78 is 43.1. The summed E-state index contributed by atoms with van der Waals surface area (Å²) in [5.74, 6) is 0.406. The molecule has 6 heteroatoms. The zero-order chi connectivity index (χ0) is 16.4. The van der Waals surface area contributed by atoms with E-state index in [1.165, 1.54) is 12.1 Å². The van der Waals surface area contributed by atoms with E-state index in [2.05, 4.69) is 5.16 Å². The van der Waals surface area contributed by atoms with Crippen LogP contribution >= 0.6 is 0 Å². The van der Waals surface area contributed by atoms with Crippen LogP contribution in [-0.2, 0) is 12.8 Å². The van der Waals surface area contributed by atoms with Gasteiger partial charge in [0.2, 0.25) is 0 Å². The molecule has 0 aliphatic heterocycles. The lowest BCUT2D eigenvalue weighted by molar-refractivity contribution is -0.137. The fourth-order valence-corrected chi connectivity index (χ4v) is 2.32. The minimum absolute atomic E-state index is 0.329. The second kappa shape index (κ2) is 5.89. The van der Waals surface area contributed by atoms with E-state index in [9.17, 15) is 18.3 Å². The molecular formula is C17H12F3NO2. The Balaban J connectivity index is 2.03. The Kier molecular flexibility index (Phi) is 3.92. The first-order chi connectivity index (χ1) is 11.0. The number of aromatic nitrogens is 1. The number of aliphatic hydroxyl groups is 1. The fraction of sp³-hybridized carbons (Fsp3) is 0.118. The van der Waals surface area contributed by atoms with Crippen LogP contribution in [-0.4, -0.2) is 10.3 Å². The lowest BCUT2D eigenvalue weighted by atomic mass is 10.0. The van der Waals surface area contributed by atoms with Crippen molar-refractivity contribution in [3.05, 3.63) is 65.7 Å². The highest BCUT2D eigenvalue weighted by molar-refractivity contribution is 5.72. The van der Waals surface area contributed by atoms with Gasteiger partial charge >= 0.3 is 6.18 Å². The van der Waals surface area contributed by atoms with E-state index in [0.717, 1.165) is 17.7 Å². The standard InChI is InChI=1S/C17H12F3NO2/c18-17(19,20)13-8-6-11(7-9-13)15-14(10-22)16(23-21-15)12-4-2-1-3-5-12/h1-9,22H,10H2. The molecule has 3 aromatic rings. The van der Waals surface area contributed by atoms with Crippen LogP contribution in [0.1, 0.15) is 11.1 Å². The lowest BCUT2D eigenvalue weighted by Gasteiger charge is -2.07. The van der Waals surface area contributed by atoms with Gasteiger partial charge in [-0.3, -0.25) is 0 Å². The van der Waals surface area contributed by atoms with Crippen LogP contribution < -0.4 is 0 Å². The van der Waals surface area contributed by atoms with Crippen molar-refractivity contribution in [1.29, 1.82) is 0 Å². The second-order valence-corrected chi connectivity index (χ2v) is 4.94. The third-order valence-corrected chi connectivity index (χ3v) is 3.47. The van der Waals surface area contributed by atoms with Crippen molar-refractivity contribution in [3.8, 4) is 22.6 Å². The molecule has 1 N–H and O–H groups in total. The van der Waals surface area contributed by atoms with E-state index in [1.807, 2.05) is 18.2 Å². The van der Waals surface area contributed by atoms with E-state index in [-0.39, 0.29) is 6.61 Å². The summed E-state index contributed by atoms with van der Waals surface area (Å²) in [6, 6.07) is 13.7. The van der Waals surface area contributed by atoms with E-state index in [0.29, 0.717) is 22.6 Å². The van der Waals surface area contributed by atoms with Gasteiger partial charge in [-0.2, -0.15) is 13.2 Å². The minimum atomic E-state index is -4.39. The Morgan fingerprint density at radius 1 is 0.913 bits per heavy atom. The van der Waals surface area contributed by atoms with Gasteiger partial charge in [0.05, 0.1) is 17.7 Å². The predicted octanol–water partition coefficient (Wildman–Crippen LogP) is 4.52. The molecule has 0 fully saturated rings. The Hall–Kier alpha value is -2.60. The highest BCUT2D eigenvalue weighted by atomic mass is 19.4. The summed E-state index contributed by atoms with van der Waals surface area (Å²) in [7, 11) is 0. The van der Waals surface area contributed by atoms with Gasteiger partial charge in [-0.1, -0.05) is 47.6 Å². The largest absolute Gasteiger partial charge is 0.416 e. The summed E-state index contributed by atoms with van der Waals surface area (Å²) in [5.41, 5.74) is 1.23. The fourth-order valence-electron chi connectivity index (χ4n) is 2.32. The third-order valence-electron chi connectivity index (χ3n) is 3.47. The Morgan fingerprint density at radius 2 is 1.57 bits per heavy atom. The monoisotopic (exact) mass is 319 g/mol. The van der Waals surface area contributed by atoms with Crippen molar-refractivity contribution in [2.75, 3.05) is 0 Å². The summed E-state index contributed by atoms with van der Waals surface area (Å²) in [5, 5.41) is 13.5. The molecule has 23 heavy (non-hydrogen) atoms. The van der Waals surface area contributed by atoms with E-state index < -0.39 is 11.7 Å². The normalized spacial score (nSPS) is 11.7. The maximum Gasteiger partial charge on any atom is 0.416 e. The highest BCUT2D eigenvalue weighted by Gasteiger charge is 2.30. The van der Waals surface area contributed by atoms with Crippen LogP contribution in [0.15, 0.2) is 59.1 Å². The number of hydrogen-bond acceptors (Lipinski definition) is 3. The van der Waals surface area contributed by atoms with Gasteiger partial charge in [0.25, 0.3) is 0 Å². The van der Waals surface area contributed by atoms with Crippen LogP contribution in [0.2, 0.25) is 0 Å². The summed E-state index contributed by atoms with van der Waals surface area (Å²) in [4.78, 5) is 0. The zero-order valence-electron chi connectivity index (χ0n) is 11.8. The number of rotatable bonds is 3. The van der Waals surface area contributed by atoms with Crippen molar-refractivity contribution < 1.29 is 22.8 Å².